The lowest BCUT2D eigenvalue weighted by Crippen LogP contribution is -2.48. The minimum absolute atomic E-state index is 0.229. The fraction of sp³-hybridized carbons (Fsp3) is 0.353. The molecule has 0 saturated carbocycles. The molecule has 2 N–H and O–H groups in total. The monoisotopic (exact) mass is 361 g/mol. The van der Waals surface area contributed by atoms with Crippen LogP contribution >= 0.6 is 12.2 Å². The van der Waals surface area contributed by atoms with Gasteiger partial charge in [-0.1, -0.05) is 0 Å². The largest absolute Gasteiger partial charge is 0.385 e. The lowest BCUT2D eigenvalue weighted by molar-refractivity contribution is 0.0886. The normalized spacial score (nSPS) is 10.4. The number of benzene rings is 1. The van der Waals surface area contributed by atoms with E-state index in [1.165, 1.54) is 5.01 Å². The van der Waals surface area contributed by atoms with E-state index in [1.54, 1.807) is 32.5 Å². The van der Waals surface area contributed by atoms with Gasteiger partial charge in [0.25, 0.3) is 5.91 Å². The molecule has 134 valence electrons. The van der Waals surface area contributed by atoms with Gasteiger partial charge in [0, 0.05) is 44.8 Å². The van der Waals surface area contributed by atoms with Crippen LogP contribution in [0.2, 0.25) is 0 Å². The van der Waals surface area contributed by atoms with Crippen LogP contribution in [0.15, 0.2) is 36.5 Å². The van der Waals surface area contributed by atoms with Crippen molar-refractivity contribution in [3.8, 4) is 5.69 Å². The Morgan fingerprint density at radius 1 is 1.32 bits per heavy atom. The minimum atomic E-state index is -0.229. The van der Waals surface area contributed by atoms with Crippen molar-refractivity contribution >= 4 is 23.2 Å². The van der Waals surface area contributed by atoms with Gasteiger partial charge in [-0.2, -0.15) is 5.10 Å². The summed E-state index contributed by atoms with van der Waals surface area (Å²) < 4.78 is 6.79. The molecule has 8 heteroatoms. The maximum Gasteiger partial charge on any atom is 0.269 e. The Labute approximate surface area is 152 Å². The summed E-state index contributed by atoms with van der Waals surface area (Å²) in [7, 11) is 3.36. The van der Waals surface area contributed by atoms with Gasteiger partial charge in [-0.15, -0.1) is 0 Å². The number of nitrogens with zero attached hydrogens (tertiary/aromatic N) is 3. The third-order valence-corrected chi connectivity index (χ3v) is 4.00. The molecule has 25 heavy (non-hydrogen) atoms. The number of hydrogen-bond acceptors (Lipinski definition) is 4. The highest BCUT2D eigenvalue weighted by Crippen LogP contribution is 2.11. The van der Waals surface area contributed by atoms with E-state index >= 15 is 0 Å². The molecule has 0 saturated heterocycles. The summed E-state index contributed by atoms with van der Waals surface area (Å²) in [4.78, 5) is 12.3. The standard InChI is InChI=1S/C17H23N5O2S/c1-13-9-11-19-22(13)15-7-5-14(6-8-15)16(23)20-21(2)17(25)18-10-4-12-24-3/h5-9,11H,4,10,12H2,1-3H3,(H,18,25)(H,20,23). The zero-order valence-electron chi connectivity index (χ0n) is 14.7. The summed E-state index contributed by atoms with van der Waals surface area (Å²) in [5.41, 5.74) is 5.22. The molecule has 1 aromatic heterocycles. The number of carbonyl (C=O) groups excluding carboxylic acids is 1. The first-order chi connectivity index (χ1) is 12.0. The SMILES string of the molecule is COCCCNC(=S)N(C)NC(=O)c1ccc(-n2nccc2C)cc1. The van der Waals surface area contributed by atoms with Crippen molar-refractivity contribution in [2.75, 3.05) is 27.3 Å². The van der Waals surface area contributed by atoms with Gasteiger partial charge in [-0.25, -0.2) is 4.68 Å². The molecule has 1 heterocycles. The quantitative estimate of drug-likeness (QED) is 0.463. The molecule has 0 aliphatic heterocycles. The summed E-state index contributed by atoms with van der Waals surface area (Å²) in [5.74, 6) is -0.229. The van der Waals surface area contributed by atoms with E-state index in [-0.39, 0.29) is 5.91 Å². The topological polar surface area (TPSA) is 71.4 Å². The molecule has 0 aliphatic carbocycles. The van der Waals surface area contributed by atoms with E-state index in [0.717, 1.165) is 17.8 Å². The number of methoxy groups -OCH3 is 1. The Bertz CT molecular complexity index is 714. The molecule has 0 fully saturated rings. The zero-order chi connectivity index (χ0) is 18.2. The average Bonchev–Trinajstić information content (AvgIpc) is 3.04. The molecular weight excluding hydrogens is 338 g/mol. The summed E-state index contributed by atoms with van der Waals surface area (Å²) >= 11 is 5.23. The van der Waals surface area contributed by atoms with Crippen LogP contribution in [-0.4, -0.2) is 53.1 Å². The molecule has 0 radical (unpaired) electrons. The van der Waals surface area contributed by atoms with Crippen LogP contribution in [-0.2, 0) is 4.74 Å². The smallest absolute Gasteiger partial charge is 0.269 e. The first-order valence-corrected chi connectivity index (χ1v) is 8.36. The maximum atomic E-state index is 12.3. The van der Waals surface area contributed by atoms with Gasteiger partial charge in [0.15, 0.2) is 5.11 Å². The van der Waals surface area contributed by atoms with Crippen molar-refractivity contribution < 1.29 is 9.53 Å². The fourth-order valence-corrected chi connectivity index (χ4v) is 2.34. The van der Waals surface area contributed by atoms with Crippen LogP contribution in [0.25, 0.3) is 5.69 Å². The molecule has 2 rings (SSSR count). The molecule has 2 aromatic rings. The second kappa shape index (κ2) is 9.14. The van der Waals surface area contributed by atoms with Crippen molar-refractivity contribution in [2.24, 2.45) is 0 Å². The highest BCUT2D eigenvalue weighted by molar-refractivity contribution is 7.80. The van der Waals surface area contributed by atoms with Crippen molar-refractivity contribution in [1.29, 1.82) is 0 Å². The van der Waals surface area contributed by atoms with Gasteiger partial charge >= 0.3 is 0 Å². The number of aromatic nitrogens is 2. The molecule has 0 atom stereocenters. The minimum Gasteiger partial charge on any atom is -0.385 e. The first kappa shape index (κ1) is 18.9. The molecule has 1 amide bonds. The Hall–Kier alpha value is -2.45. The lowest BCUT2D eigenvalue weighted by atomic mass is 10.2. The summed E-state index contributed by atoms with van der Waals surface area (Å²) in [5, 5.41) is 9.25. The van der Waals surface area contributed by atoms with Gasteiger partial charge in [0.1, 0.15) is 0 Å². The van der Waals surface area contributed by atoms with Crippen LogP contribution in [0.1, 0.15) is 22.5 Å². The highest BCUT2D eigenvalue weighted by Gasteiger charge is 2.11. The van der Waals surface area contributed by atoms with Crippen LogP contribution in [0.5, 0.6) is 0 Å². The van der Waals surface area contributed by atoms with Crippen LogP contribution < -0.4 is 10.7 Å². The van der Waals surface area contributed by atoms with Crippen molar-refractivity contribution in [3.05, 3.63) is 47.8 Å². The fourth-order valence-electron chi connectivity index (χ4n) is 2.19. The van der Waals surface area contributed by atoms with E-state index < -0.39 is 0 Å². The predicted molar refractivity (Wildman–Crippen MR) is 101 cm³/mol. The number of rotatable bonds is 6. The van der Waals surface area contributed by atoms with Gasteiger partial charge < -0.3 is 10.1 Å². The highest BCUT2D eigenvalue weighted by atomic mass is 32.1. The molecule has 1 aromatic carbocycles. The van der Waals surface area contributed by atoms with E-state index in [0.29, 0.717) is 23.8 Å². The molecule has 7 nitrogen and oxygen atoms in total. The van der Waals surface area contributed by atoms with Crippen LogP contribution in [0.3, 0.4) is 0 Å². The number of carbonyl (C=O) groups is 1. The van der Waals surface area contributed by atoms with Gasteiger partial charge in [-0.3, -0.25) is 15.2 Å². The van der Waals surface area contributed by atoms with E-state index in [9.17, 15) is 4.79 Å². The lowest BCUT2D eigenvalue weighted by Gasteiger charge is -2.21. The Kier molecular flexibility index (Phi) is 6.91. The van der Waals surface area contributed by atoms with Crippen molar-refractivity contribution in [3.63, 3.8) is 0 Å². The maximum absolute atomic E-state index is 12.3. The number of thiocarbonyl (C=S) groups is 1. The number of hydrazine groups is 1. The molecular formula is C17H23N5O2S. The van der Waals surface area contributed by atoms with Gasteiger partial charge in [0.05, 0.1) is 5.69 Å². The van der Waals surface area contributed by atoms with E-state index in [4.69, 9.17) is 17.0 Å². The van der Waals surface area contributed by atoms with Crippen molar-refractivity contribution in [1.82, 2.24) is 25.5 Å². The van der Waals surface area contributed by atoms with Crippen LogP contribution in [0.4, 0.5) is 0 Å². The number of hydrogen-bond donors (Lipinski definition) is 2. The Morgan fingerprint density at radius 2 is 2.04 bits per heavy atom. The second-order valence-electron chi connectivity index (χ2n) is 5.51. The molecule has 0 bridgehead atoms. The third-order valence-electron chi connectivity index (χ3n) is 3.58. The van der Waals surface area contributed by atoms with Gasteiger partial charge in [-0.05, 0) is 55.9 Å². The summed E-state index contributed by atoms with van der Waals surface area (Å²) in [6.07, 6.45) is 2.58. The molecule has 0 spiro atoms. The number of ether oxygens (including phenoxy) is 1. The summed E-state index contributed by atoms with van der Waals surface area (Å²) in [6, 6.07) is 9.16. The molecule has 0 unspecified atom stereocenters. The van der Waals surface area contributed by atoms with Crippen molar-refractivity contribution in [2.45, 2.75) is 13.3 Å². The average molecular weight is 361 g/mol. The summed E-state index contributed by atoms with van der Waals surface area (Å²) in [6.45, 7) is 3.32. The number of aryl methyl sites for hydroxylation is 1. The third kappa shape index (κ3) is 5.27. The number of nitrogens with one attached hydrogen (secondary N) is 2. The Morgan fingerprint density at radius 3 is 2.64 bits per heavy atom. The first-order valence-electron chi connectivity index (χ1n) is 7.95. The van der Waals surface area contributed by atoms with E-state index in [2.05, 4.69) is 15.8 Å². The predicted octanol–water partition coefficient (Wildman–Crippen LogP) is 1.67. The second-order valence-corrected chi connectivity index (χ2v) is 5.90. The van der Waals surface area contributed by atoms with Gasteiger partial charge in [0.2, 0.25) is 0 Å². The van der Waals surface area contributed by atoms with E-state index in [1.807, 2.05) is 29.8 Å². The number of amides is 1. The Balaban J connectivity index is 1.90. The van der Waals surface area contributed by atoms with Crippen LogP contribution in [0, 0.1) is 6.92 Å². The zero-order valence-corrected chi connectivity index (χ0v) is 15.5. The molecule has 0 aliphatic rings.